The van der Waals surface area contributed by atoms with Gasteiger partial charge >= 0.3 is 5.97 Å². The summed E-state index contributed by atoms with van der Waals surface area (Å²) >= 11 is 0. The van der Waals surface area contributed by atoms with Crippen LogP contribution in [0, 0.1) is 17.2 Å². The fourth-order valence-corrected chi connectivity index (χ4v) is 3.22. The van der Waals surface area contributed by atoms with Crippen LogP contribution in [0.25, 0.3) is 0 Å². The lowest BCUT2D eigenvalue weighted by Gasteiger charge is -2.40. The second-order valence-corrected chi connectivity index (χ2v) is 6.07. The molecular weight excluding hydrogens is 320 g/mol. The maximum absolute atomic E-state index is 12.5. The highest BCUT2D eigenvalue weighted by atomic mass is 16.5. The number of likely N-dealkylation sites (tertiary alicyclic amines) is 1. The molecule has 1 amide bonds. The molecule has 0 aliphatic carbocycles. The smallest absolute Gasteiger partial charge is 0.312 e. The van der Waals surface area contributed by atoms with Gasteiger partial charge in [-0.3, -0.25) is 9.59 Å². The fraction of sp³-hybridized carbons (Fsp3) is 0.526. The van der Waals surface area contributed by atoms with Crippen molar-refractivity contribution >= 4 is 11.9 Å². The Morgan fingerprint density at radius 1 is 1.36 bits per heavy atom. The number of hydrogen-bond donors (Lipinski definition) is 0. The standard InChI is InChI=1S/C19H24N2O4/c1-3-4-12-21-17(22)10-9-16(19(23)25-13-11-20)18(21)14-5-7-15(24-2)8-6-14/h5-8,16,18H,3-4,9-10,12-13H2,1-2H3/t16-,18-/m1/s1. The van der Waals surface area contributed by atoms with Gasteiger partial charge in [-0.25, -0.2) is 0 Å². The molecule has 0 saturated carbocycles. The van der Waals surface area contributed by atoms with Crippen LogP contribution in [0.4, 0.5) is 0 Å². The molecule has 1 fully saturated rings. The molecule has 25 heavy (non-hydrogen) atoms. The lowest BCUT2D eigenvalue weighted by molar-refractivity contribution is -0.156. The van der Waals surface area contributed by atoms with Crippen molar-refractivity contribution in [3.05, 3.63) is 29.8 Å². The van der Waals surface area contributed by atoms with Crippen LogP contribution in [0.2, 0.25) is 0 Å². The number of benzene rings is 1. The molecule has 1 aromatic rings. The van der Waals surface area contributed by atoms with Crippen molar-refractivity contribution in [2.24, 2.45) is 5.92 Å². The largest absolute Gasteiger partial charge is 0.497 e. The van der Waals surface area contributed by atoms with Gasteiger partial charge in [0.25, 0.3) is 0 Å². The van der Waals surface area contributed by atoms with Gasteiger partial charge in [-0.2, -0.15) is 5.26 Å². The molecule has 2 rings (SSSR count). The van der Waals surface area contributed by atoms with E-state index in [1.54, 1.807) is 12.0 Å². The number of ether oxygens (including phenoxy) is 2. The van der Waals surface area contributed by atoms with E-state index < -0.39 is 11.9 Å². The summed E-state index contributed by atoms with van der Waals surface area (Å²) in [6.07, 6.45) is 2.59. The fourth-order valence-electron chi connectivity index (χ4n) is 3.22. The van der Waals surface area contributed by atoms with Gasteiger partial charge < -0.3 is 14.4 Å². The van der Waals surface area contributed by atoms with E-state index in [1.165, 1.54) is 0 Å². The van der Waals surface area contributed by atoms with Crippen molar-refractivity contribution in [3.63, 3.8) is 0 Å². The van der Waals surface area contributed by atoms with Gasteiger partial charge in [0.2, 0.25) is 5.91 Å². The zero-order valence-electron chi connectivity index (χ0n) is 14.7. The van der Waals surface area contributed by atoms with Crippen molar-refractivity contribution in [1.29, 1.82) is 5.26 Å². The highest BCUT2D eigenvalue weighted by Gasteiger charge is 2.41. The van der Waals surface area contributed by atoms with E-state index in [0.29, 0.717) is 19.4 Å². The minimum atomic E-state index is -0.462. The Morgan fingerprint density at radius 2 is 2.08 bits per heavy atom. The van der Waals surface area contributed by atoms with Crippen molar-refractivity contribution in [2.75, 3.05) is 20.3 Å². The Labute approximate surface area is 148 Å². The minimum absolute atomic E-state index is 0.0543. The number of amides is 1. The van der Waals surface area contributed by atoms with E-state index in [1.807, 2.05) is 30.3 Å². The molecule has 0 aromatic heterocycles. The van der Waals surface area contributed by atoms with Gasteiger partial charge in [0.1, 0.15) is 11.8 Å². The minimum Gasteiger partial charge on any atom is -0.497 e. The van der Waals surface area contributed by atoms with Gasteiger partial charge in [0, 0.05) is 13.0 Å². The Kier molecular flexibility index (Phi) is 6.81. The summed E-state index contributed by atoms with van der Waals surface area (Å²) in [5, 5.41) is 8.66. The predicted octanol–water partition coefficient (Wildman–Crippen LogP) is 2.84. The quantitative estimate of drug-likeness (QED) is 0.711. The number of methoxy groups -OCH3 is 1. The van der Waals surface area contributed by atoms with E-state index in [4.69, 9.17) is 14.7 Å². The summed E-state index contributed by atoms with van der Waals surface area (Å²) in [5.41, 5.74) is 0.879. The number of rotatable bonds is 7. The number of piperidine rings is 1. The van der Waals surface area contributed by atoms with Crippen molar-refractivity contribution < 1.29 is 19.1 Å². The third-order valence-electron chi connectivity index (χ3n) is 4.50. The normalized spacial score (nSPS) is 20.0. The Bertz CT molecular complexity index is 636. The maximum atomic E-state index is 12.5. The van der Waals surface area contributed by atoms with Gasteiger partial charge in [-0.05, 0) is 30.5 Å². The zero-order valence-corrected chi connectivity index (χ0v) is 14.7. The van der Waals surface area contributed by atoms with Gasteiger partial charge in [0.05, 0.1) is 19.1 Å². The van der Waals surface area contributed by atoms with Crippen LogP contribution < -0.4 is 4.74 Å². The predicted molar refractivity (Wildman–Crippen MR) is 91.7 cm³/mol. The van der Waals surface area contributed by atoms with Crippen LogP contribution >= 0.6 is 0 Å². The third-order valence-corrected chi connectivity index (χ3v) is 4.50. The Morgan fingerprint density at radius 3 is 2.68 bits per heavy atom. The van der Waals surface area contributed by atoms with E-state index in [9.17, 15) is 9.59 Å². The summed E-state index contributed by atoms with van der Waals surface area (Å²) in [5.74, 6) is -0.110. The first-order chi connectivity index (χ1) is 12.1. The lowest BCUT2D eigenvalue weighted by atomic mass is 9.84. The summed E-state index contributed by atoms with van der Waals surface area (Å²) < 4.78 is 10.2. The molecule has 1 saturated heterocycles. The van der Waals surface area contributed by atoms with E-state index in [2.05, 4.69) is 6.92 Å². The van der Waals surface area contributed by atoms with E-state index in [0.717, 1.165) is 24.2 Å². The Hall–Kier alpha value is -2.55. The molecule has 0 radical (unpaired) electrons. The molecule has 0 spiro atoms. The van der Waals surface area contributed by atoms with E-state index in [-0.39, 0.29) is 18.6 Å². The van der Waals surface area contributed by atoms with Crippen LogP contribution in [0.5, 0.6) is 5.75 Å². The summed E-state index contributed by atoms with van der Waals surface area (Å²) in [6.45, 7) is 2.40. The molecule has 134 valence electrons. The van der Waals surface area contributed by atoms with Crippen molar-refractivity contribution in [2.45, 2.75) is 38.6 Å². The first-order valence-corrected chi connectivity index (χ1v) is 8.59. The first kappa shape index (κ1) is 18.8. The topological polar surface area (TPSA) is 79.6 Å². The lowest BCUT2D eigenvalue weighted by Crippen LogP contribution is -2.46. The average Bonchev–Trinajstić information content (AvgIpc) is 2.65. The van der Waals surface area contributed by atoms with Crippen molar-refractivity contribution in [1.82, 2.24) is 4.90 Å². The molecule has 0 N–H and O–H groups in total. The first-order valence-electron chi connectivity index (χ1n) is 8.59. The molecule has 6 heteroatoms. The van der Waals surface area contributed by atoms with Crippen LogP contribution in [0.3, 0.4) is 0 Å². The number of unbranched alkanes of at least 4 members (excludes halogenated alkanes) is 1. The summed E-state index contributed by atoms with van der Waals surface area (Å²) in [6, 6.07) is 8.86. The monoisotopic (exact) mass is 344 g/mol. The maximum Gasteiger partial charge on any atom is 0.312 e. The van der Waals surface area contributed by atoms with Crippen LogP contribution in [0.1, 0.15) is 44.2 Å². The number of nitrogens with zero attached hydrogens (tertiary/aromatic N) is 2. The molecule has 1 heterocycles. The Balaban J connectivity index is 2.34. The molecule has 6 nitrogen and oxygen atoms in total. The molecule has 1 aliphatic heterocycles. The molecule has 0 bridgehead atoms. The average molecular weight is 344 g/mol. The second-order valence-electron chi connectivity index (χ2n) is 6.07. The number of carbonyl (C=O) groups excluding carboxylic acids is 2. The SMILES string of the molecule is CCCCN1C(=O)CC[C@@H](C(=O)OCC#N)[C@H]1c1ccc(OC)cc1. The van der Waals surface area contributed by atoms with Gasteiger partial charge in [0.15, 0.2) is 6.61 Å². The number of esters is 1. The summed E-state index contributed by atoms with van der Waals surface area (Å²) in [4.78, 5) is 26.7. The molecule has 1 aromatic carbocycles. The molecule has 1 aliphatic rings. The van der Waals surface area contributed by atoms with Crippen LogP contribution in [-0.2, 0) is 14.3 Å². The number of carbonyl (C=O) groups is 2. The molecular formula is C19H24N2O4. The van der Waals surface area contributed by atoms with Crippen LogP contribution in [-0.4, -0.2) is 37.0 Å². The van der Waals surface area contributed by atoms with E-state index >= 15 is 0 Å². The van der Waals surface area contributed by atoms with Gasteiger partial charge in [-0.15, -0.1) is 0 Å². The zero-order chi connectivity index (χ0) is 18.2. The third kappa shape index (κ3) is 4.50. The van der Waals surface area contributed by atoms with Crippen LogP contribution in [0.15, 0.2) is 24.3 Å². The van der Waals surface area contributed by atoms with Crippen molar-refractivity contribution in [3.8, 4) is 11.8 Å². The number of hydrogen-bond acceptors (Lipinski definition) is 5. The molecule has 0 unspecified atom stereocenters. The second kappa shape index (κ2) is 9.07. The highest BCUT2D eigenvalue weighted by molar-refractivity contribution is 5.82. The highest BCUT2D eigenvalue weighted by Crippen LogP contribution is 2.38. The molecule has 2 atom stereocenters. The number of nitriles is 1. The summed E-state index contributed by atoms with van der Waals surface area (Å²) in [7, 11) is 1.59. The van der Waals surface area contributed by atoms with Gasteiger partial charge in [-0.1, -0.05) is 25.5 Å².